The third-order valence-corrected chi connectivity index (χ3v) is 1.77. The number of benzene rings is 1. The average molecular weight is 179 g/mol. The number of hydrazine groups is 1. The number of nitrogen functional groups attached to an aromatic ring is 1. The van der Waals surface area contributed by atoms with Gasteiger partial charge < -0.3 is 10.7 Å². The Morgan fingerprint density at radius 1 is 1.23 bits per heavy atom. The number of rotatable bonds is 3. The number of nitrogens with one attached hydrogen (secondary N) is 2. The van der Waals surface area contributed by atoms with Gasteiger partial charge in [0, 0.05) is 6.04 Å². The molecule has 0 heterocycles. The molecule has 1 aromatic carbocycles. The number of hydrogen-bond acceptors (Lipinski definition) is 3. The van der Waals surface area contributed by atoms with Gasteiger partial charge in [-0.05, 0) is 38.5 Å². The van der Waals surface area contributed by atoms with Crippen LogP contribution in [0.1, 0.15) is 19.4 Å². The summed E-state index contributed by atoms with van der Waals surface area (Å²) in [5, 5.41) is 3.31. The highest BCUT2D eigenvalue weighted by Crippen LogP contribution is 2.22. The molecule has 0 saturated heterocycles. The third-order valence-electron chi connectivity index (χ3n) is 1.77. The molecule has 0 atom stereocenters. The van der Waals surface area contributed by atoms with Crippen molar-refractivity contribution in [3.8, 4) is 0 Å². The van der Waals surface area contributed by atoms with Gasteiger partial charge in [0.15, 0.2) is 0 Å². The first-order valence-corrected chi connectivity index (χ1v) is 4.47. The molecule has 0 bridgehead atoms. The van der Waals surface area contributed by atoms with Crippen LogP contribution in [0.5, 0.6) is 0 Å². The highest BCUT2D eigenvalue weighted by molar-refractivity contribution is 5.69. The predicted octanol–water partition coefficient (Wildman–Crippen LogP) is 2.10. The molecule has 3 heteroatoms. The molecule has 13 heavy (non-hydrogen) atoms. The van der Waals surface area contributed by atoms with Gasteiger partial charge in [-0.25, -0.2) is 0 Å². The van der Waals surface area contributed by atoms with Crippen LogP contribution in [0.25, 0.3) is 0 Å². The van der Waals surface area contributed by atoms with Crippen molar-refractivity contribution in [1.29, 1.82) is 0 Å². The molecule has 0 radical (unpaired) electrons. The summed E-state index contributed by atoms with van der Waals surface area (Å²) in [7, 11) is 0. The van der Waals surface area contributed by atoms with E-state index in [4.69, 9.17) is 5.84 Å². The molecule has 0 fully saturated rings. The van der Waals surface area contributed by atoms with Gasteiger partial charge >= 0.3 is 0 Å². The van der Waals surface area contributed by atoms with Gasteiger partial charge in [0.25, 0.3) is 0 Å². The number of hydrogen-bond donors (Lipinski definition) is 3. The minimum atomic E-state index is 0.412. The van der Waals surface area contributed by atoms with E-state index in [2.05, 4.69) is 30.7 Å². The number of anilines is 2. The largest absolute Gasteiger partial charge is 0.381 e. The molecule has 1 aromatic rings. The lowest BCUT2D eigenvalue weighted by Gasteiger charge is -2.14. The van der Waals surface area contributed by atoms with Crippen molar-refractivity contribution < 1.29 is 0 Å². The monoisotopic (exact) mass is 179 g/mol. The van der Waals surface area contributed by atoms with Crippen LogP contribution in [0.3, 0.4) is 0 Å². The van der Waals surface area contributed by atoms with Crippen LogP contribution in [-0.4, -0.2) is 6.04 Å². The lowest BCUT2D eigenvalue weighted by atomic mass is 10.2. The van der Waals surface area contributed by atoms with Crippen molar-refractivity contribution in [3.63, 3.8) is 0 Å². The third kappa shape index (κ3) is 2.63. The molecule has 0 spiro atoms. The van der Waals surface area contributed by atoms with E-state index in [1.807, 2.05) is 19.1 Å². The molecule has 0 aromatic heterocycles. The first kappa shape index (κ1) is 9.86. The average Bonchev–Trinajstić information content (AvgIpc) is 2.07. The first-order chi connectivity index (χ1) is 6.13. The molecule has 4 N–H and O–H groups in total. The van der Waals surface area contributed by atoms with Crippen LogP contribution in [0, 0.1) is 6.92 Å². The van der Waals surface area contributed by atoms with Crippen molar-refractivity contribution in [1.82, 2.24) is 0 Å². The van der Waals surface area contributed by atoms with Gasteiger partial charge in [-0.2, -0.15) is 0 Å². The van der Waals surface area contributed by atoms with E-state index in [1.165, 1.54) is 5.56 Å². The summed E-state index contributed by atoms with van der Waals surface area (Å²) in [6.45, 7) is 6.24. The Bertz CT molecular complexity index is 281. The molecule has 72 valence electrons. The standard InChI is InChI=1S/C10H17N3/c1-7(2)12-9-5-4-8(3)6-10(9)13-11/h4-7,12-13H,11H2,1-3H3. The molecule has 0 aliphatic heterocycles. The fraction of sp³-hybridized carbons (Fsp3) is 0.400. The van der Waals surface area contributed by atoms with E-state index in [1.54, 1.807) is 0 Å². The maximum Gasteiger partial charge on any atom is 0.0720 e. The second kappa shape index (κ2) is 4.14. The molecule has 1 rings (SSSR count). The van der Waals surface area contributed by atoms with E-state index in [0.717, 1.165) is 11.4 Å². The second-order valence-corrected chi connectivity index (χ2v) is 3.49. The van der Waals surface area contributed by atoms with Gasteiger partial charge in [0.2, 0.25) is 0 Å². The van der Waals surface area contributed by atoms with Crippen LogP contribution in [0.15, 0.2) is 18.2 Å². The molecule has 3 nitrogen and oxygen atoms in total. The Kier molecular flexibility index (Phi) is 3.14. The minimum Gasteiger partial charge on any atom is -0.381 e. The zero-order valence-electron chi connectivity index (χ0n) is 8.39. The summed E-state index contributed by atoms with van der Waals surface area (Å²) in [6.07, 6.45) is 0. The maximum atomic E-state index is 5.41. The Hall–Kier alpha value is -1.22. The summed E-state index contributed by atoms with van der Waals surface area (Å²) in [5.41, 5.74) is 5.86. The van der Waals surface area contributed by atoms with Crippen molar-refractivity contribution in [2.75, 3.05) is 10.7 Å². The molecule has 0 aliphatic rings. The number of nitrogens with two attached hydrogens (primary N) is 1. The summed E-state index contributed by atoms with van der Waals surface area (Å²) in [4.78, 5) is 0. The van der Waals surface area contributed by atoms with Crippen LogP contribution >= 0.6 is 0 Å². The van der Waals surface area contributed by atoms with E-state index >= 15 is 0 Å². The molecular weight excluding hydrogens is 162 g/mol. The Morgan fingerprint density at radius 2 is 1.92 bits per heavy atom. The maximum absolute atomic E-state index is 5.41. The molecule has 0 saturated carbocycles. The van der Waals surface area contributed by atoms with Crippen LogP contribution in [0.4, 0.5) is 11.4 Å². The quantitative estimate of drug-likeness (QED) is 0.492. The van der Waals surface area contributed by atoms with Crippen LogP contribution < -0.4 is 16.6 Å². The highest BCUT2D eigenvalue weighted by atomic mass is 15.2. The summed E-state index contributed by atoms with van der Waals surface area (Å²) < 4.78 is 0. The van der Waals surface area contributed by atoms with Crippen molar-refractivity contribution in [3.05, 3.63) is 23.8 Å². The Balaban J connectivity index is 2.92. The first-order valence-electron chi connectivity index (χ1n) is 4.47. The summed E-state index contributed by atoms with van der Waals surface area (Å²) in [6, 6.07) is 6.52. The lowest BCUT2D eigenvalue weighted by molar-refractivity contribution is 0.899. The van der Waals surface area contributed by atoms with Gasteiger partial charge in [-0.15, -0.1) is 0 Å². The van der Waals surface area contributed by atoms with E-state index in [0.29, 0.717) is 6.04 Å². The van der Waals surface area contributed by atoms with Crippen molar-refractivity contribution in [2.24, 2.45) is 5.84 Å². The van der Waals surface area contributed by atoms with E-state index in [9.17, 15) is 0 Å². The van der Waals surface area contributed by atoms with Gasteiger partial charge in [-0.1, -0.05) is 6.07 Å². The lowest BCUT2D eigenvalue weighted by Crippen LogP contribution is -2.14. The van der Waals surface area contributed by atoms with Gasteiger partial charge in [0.05, 0.1) is 11.4 Å². The zero-order chi connectivity index (χ0) is 9.84. The second-order valence-electron chi connectivity index (χ2n) is 3.49. The van der Waals surface area contributed by atoms with Crippen LogP contribution in [0.2, 0.25) is 0 Å². The molecule has 0 amide bonds. The normalized spacial score (nSPS) is 10.2. The Morgan fingerprint density at radius 3 is 2.46 bits per heavy atom. The minimum absolute atomic E-state index is 0.412. The van der Waals surface area contributed by atoms with Crippen molar-refractivity contribution in [2.45, 2.75) is 26.8 Å². The van der Waals surface area contributed by atoms with Gasteiger partial charge in [0.1, 0.15) is 0 Å². The molecule has 0 aliphatic carbocycles. The van der Waals surface area contributed by atoms with E-state index < -0.39 is 0 Å². The number of aryl methyl sites for hydroxylation is 1. The summed E-state index contributed by atoms with van der Waals surface area (Å²) >= 11 is 0. The SMILES string of the molecule is Cc1ccc(NC(C)C)c(NN)c1. The highest BCUT2D eigenvalue weighted by Gasteiger charge is 2.01. The predicted molar refractivity (Wildman–Crippen MR) is 57.7 cm³/mol. The van der Waals surface area contributed by atoms with Gasteiger partial charge in [-0.3, -0.25) is 5.84 Å². The molecular formula is C10H17N3. The van der Waals surface area contributed by atoms with Crippen molar-refractivity contribution >= 4 is 11.4 Å². The zero-order valence-corrected chi connectivity index (χ0v) is 8.39. The smallest absolute Gasteiger partial charge is 0.0720 e. The Labute approximate surface area is 79.3 Å². The fourth-order valence-electron chi connectivity index (χ4n) is 1.21. The topological polar surface area (TPSA) is 50.1 Å². The van der Waals surface area contributed by atoms with E-state index in [-0.39, 0.29) is 0 Å². The van der Waals surface area contributed by atoms with Crippen LogP contribution in [-0.2, 0) is 0 Å². The fourth-order valence-corrected chi connectivity index (χ4v) is 1.21. The summed E-state index contributed by atoms with van der Waals surface area (Å²) in [5.74, 6) is 5.41. The molecule has 0 unspecified atom stereocenters.